The van der Waals surface area contributed by atoms with E-state index in [0.717, 1.165) is 23.5 Å². The van der Waals surface area contributed by atoms with Crippen LogP contribution in [0.5, 0.6) is 11.5 Å². The Morgan fingerprint density at radius 3 is 2.88 bits per heavy atom. The topological polar surface area (TPSA) is 50.8 Å². The molecular formula is C20H24N2O3S. The van der Waals surface area contributed by atoms with Gasteiger partial charge in [-0.15, -0.1) is 11.8 Å². The van der Waals surface area contributed by atoms with E-state index >= 15 is 0 Å². The first-order valence-corrected chi connectivity index (χ1v) is 9.73. The van der Waals surface area contributed by atoms with Crippen LogP contribution in [0.25, 0.3) is 0 Å². The van der Waals surface area contributed by atoms with Crippen molar-refractivity contribution < 1.29 is 14.3 Å². The first kappa shape index (κ1) is 18.5. The SMILES string of the molecule is CCOc1cc(CNC(=O)CN2CCSc3ccccc32)ccc1OC. The predicted octanol–water partition coefficient (Wildman–Crippen LogP) is 3.32. The zero-order valence-corrected chi connectivity index (χ0v) is 16.0. The van der Waals surface area contributed by atoms with Gasteiger partial charge in [-0.05, 0) is 36.8 Å². The van der Waals surface area contributed by atoms with Gasteiger partial charge in [0.1, 0.15) is 0 Å². The third-order valence-electron chi connectivity index (χ3n) is 4.18. The predicted molar refractivity (Wildman–Crippen MR) is 105 cm³/mol. The number of thioether (sulfide) groups is 1. The first-order valence-electron chi connectivity index (χ1n) is 8.74. The average Bonchev–Trinajstić information content (AvgIpc) is 2.67. The molecule has 26 heavy (non-hydrogen) atoms. The summed E-state index contributed by atoms with van der Waals surface area (Å²) < 4.78 is 10.9. The van der Waals surface area contributed by atoms with Crippen LogP contribution in [0.4, 0.5) is 5.69 Å². The first-order chi connectivity index (χ1) is 12.7. The number of carbonyl (C=O) groups excluding carboxylic acids is 1. The van der Waals surface area contributed by atoms with Crippen LogP contribution in [0.15, 0.2) is 47.4 Å². The molecule has 0 radical (unpaired) electrons. The maximum absolute atomic E-state index is 12.4. The lowest BCUT2D eigenvalue weighted by Crippen LogP contribution is -2.39. The van der Waals surface area contributed by atoms with Crippen LogP contribution in [0, 0.1) is 0 Å². The van der Waals surface area contributed by atoms with Crippen LogP contribution in [0.2, 0.25) is 0 Å². The maximum Gasteiger partial charge on any atom is 0.239 e. The van der Waals surface area contributed by atoms with Crippen molar-refractivity contribution in [2.45, 2.75) is 18.4 Å². The number of nitrogens with zero attached hydrogens (tertiary/aromatic N) is 1. The molecule has 0 bridgehead atoms. The van der Waals surface area contributed by atoms with Gasteiger partial charge in [0, 0.05) is 23.7 Å². The summed E-state index contributed by atoms with van der Waals surface area (Å²) in [5.41, 5.74) is 2.12. The molecule has 0 unspecified atom stereocenters. The summed E-state index contributed by atoms with van der Waals surface area (Å²) in [5, 5.41) is 3.00. The zero-order chi connectivity index (χ0) is 18.4. The number of para-hydroxylation sites is 1. The summed E-state index contributed by atoms with van der Waals surface area (Å²) in [6.07, 6.45) is 0. The fourth-order valence-corrected chi connectivity index (χ4v) is 3.97. The van der Waals surface area contributed by atoms with E-state index in [1.807, 2.05) is 49.0 Å². The molecule has 2 aromatic carbocycles. The largest absolute Gasteiger partial charge is 0.493 e. The van der Waals surface area contributed by atoms with Crippen molar-refractivity contribution in [1.29, 1.82) is 0 Å². The summed E-state index contributed by atoms with van der Waals surface area (Å²) in [5.74, 6) is 2.41. The molecule has 0 fully saturated rings. The molecule has 1 heterocycles. The van der Waals surface area contributed by atoms with E-state index < -0.39 is 0 Å². The highest BCUT2D eigenvalue weighted by Gasteiger charge is 2.19. The Morgan fingerprint density at radius 2 is 2.08 bits per heavy atom. The molecule has 5 nitrogen and oxygen atoms in total. The van der Waals surface area contributed by atoms with Crippen molar-refractivity contribution in [2.75, 3.05) is 37.5 Å². The highest BCUT2D eigenvalue weighted by Crippen LogP contribution is 2.34. The third kappa shape index (κ3) is 4.43. The van der Waals surface area contributed by atoms with Crippen LogP contribution in [-0.2, 0) is 11.3 Å². The van der Waals surface area contributed by atoms with Gasteiger partial charge in [-0.3, -0.25) is 4.79 Å². The van der Waals surface area contributed by atoms with Gasteiger partial charge in [0.05, 0.1) is 25.9 Å². The van der Waals surface area contributed by atoms with Gasteiger partial charge < -0.3 is 19.7 Å². The van der Waals surface area contributed by atoms with E-state index in [0.29, 0.717) is 31.2 Å². The van der Waals surface area contributed by atoms with Crippen molar-refractivity contribution in [3.63, 3.8) is 0 Å². The second-order valence-corrected chi connectivity index (χ2v) is 7.07. The van der Waals surface area contributed by atoms with E-state index in [1.54, 1.807) is 7.11 Å². The van der Waals surface area contributed by atoms with Crippen molar-refractivity contribution in [1.82, 2.24) is 5.32 Å². The molecule has 0 aromatic heterocycles. The minimum Gasteiger partial charge on any atom is -0.493 e. The molecule has 138 valence electrons. The Labute approximate surface area is 158 Å². The van der Waals surface area contributed by atoms with Gasteiger partial charge in [-0.25, -0.2) is 0 Å². The molecule has 0 aliphatic carbocycles. The van der Waals surface area contributed by atoms with Crippen LogP contribution in [0.1, 0.15) is 12.5 Å². The van der Waals surface area contributed by atoms with Crippen LogP contribution in [0.3, 0.4) is 0 Å². The van der Waals surface area contributed by atoms with Gasteiger partial charge in [-0.1, -0.05) is 18.2 Å². The van der Waals surface area contributed by atoms with E-state index in [4.69, 9.17) is 9.47 Å². The fourth-order valence-electron chi connectivity index (χ4n) is 2.92. The van der Waals surface area contributed by atoms with Crippen LogP contribution in [-0.4, -0.2) is 38.5 Å². The summed E-state index contributed by atoms with van der Waals surface area (Å²) in [7, 11) is 1.62. The van der Waals surface area contributed by atoms with E-state index in [1.165, 1.54) is 4.90 Å². The molecule has 1 amide bonds. The minimum atomic E-state index is 0.0143. The monoisotopic (exact) mass is 372 g/mol. The molecule has 1 aliphatic heterocycles. The number of hydrogen-bond acceptors (Lipinski definition) is 5. The molecule has 1 aliphatic rings. The summed E-state index contributed by atoms with van der Waals surface area (Å²) in [6.45, 7) is 4.21. The summed E-state index contributed by atoms with van der Waals surface area (Å²) >= 11 is 1.84. The van der Waals surface area contributed by atoms with Gasteiger partial charge in [0.15, 0.2) is 11.5 Å². The second kappa shape index (κ2) is 8.85. The molecule has 3 rings (SSSR count). The molecule has 0 spiro atoms. The van der Waals surface area contributed by atoms with Gasteiger partial charge in [0.2, 0.25) is 5.91 Å². The summed E-state index contributed by atoms with van der Waals surface area (Å²) in [4.78, 5) is 15.8. The molecule has 6 heteroatoms. The lowest BCUT2D eigenvalue weighted by molar-refractivity contribution is -0.119. The molecule has 0 saturated heterocycles. The van der Waals surface area contributed by atoms with E-state index in [2.05, 4.69) is 22.3 Å². The van der Waals surface area contributed by atoms with Gasteiger partial charge >= 0.3 is 0 Å². The number of amides is 1. The number of rotatable bonds is 7. The highest BCUT2D eigenvalue weighted by atomic mass is 32.2. The van der Waals surface area contributed by atoms with Gasteiger partial charge in [0.25, 0.3) is 0 Å². The number of methoxy groups -OCH3 is 1. The van der Waals surface area contributed by atoms with E-state index in [9.17, 15) is 4.79 Å². The number of nitrogens with one attached hydrogen (secondary N) is 1. The normalized spacial score (nSPS) is 13.1. The van der Waals surface area contributed by atoms with Crippen molar-refractivity contribution in [3.8, 4) is 11.5 Å². The Balaban J connectivity index is 1.59. The lowest BCUT2D eigenvalue weighted by atomic mass is 10.2. The maximum atomic E-state index is 12.4. The molecule has 2 aromatic rings. The molecule has 1 N–H and O–H groups in total. The minimum absolute atomic E-state index is 0.0143. The summed E-state index contributed by atoms with van der Waals surface area (Å²) in [6, 6.07) is 14.0. The molecule has 0 atom stereocenters. The lowest BCUT2D eigenvalue weighted by Gasteiger charge is -2.30. The number of hydrogen-bond donors (Lipinski definition) is 1. The zero-order valence-electron chi connectivity index (χ0n) is 15.2. The van der Waals surface area contributed by atoms with E-state index in [-0.39, 0.29) is 5.91 Å². The standard InChI is InChI=1S/C20H24N2O3S/c1-3-25-18-12-15(8-9-17(18)24-2)13-21-20(23)14-22-10-11-26-19-7-5-4-6-16(19)22/h4-9,12H,3,10-11,13-14H2,1-2H3,(H,21,23). The van der Waals surface area contributed by atoms with Crippen LogP contribution >= 0.6 is 11.8 Å². The smallest absolute Gasteiger partial charge is 0.239 e. The number of anilines is 1. The molecular weight excluding hydrogens is 348 g/mol. The Morgan fingerprint density at radius 1 is 1.23 bits per heavy atom. The fraction of sp³-hybridized carbons (Fsp3) is 0.350. The van der Waals surface area contributed by atoms with Gasteiger partial charge in [-0.2, -0.15) is 0 Å². The molecule has 0 saturated carbocycles. The number of ether oxygens (including phenoxy) is 2. The second-order valence-electron chi connectivity index (χ2n) is 5.93. The highest BCUT2D eigenvalue weighted by molar-refractivity contribution is 7.99. The Bertz CT molecular complexity index is 766. The van der Waals surface area contributed by atoms with Crippen molar-refractivity contribution >= 4 is 23.4 Å². The third-order valence-corrected chi connectivity index (χ3v) is 5.22. The average molecular weight is 372 g/mol. The van der Waals surface area contributed by atoms with Crippen LogP contribution < -0.4 is 19.7 Å². The number of fused-ring (bicyclic) bond motifs is 1. The Hall–Kier alpha value is -2.34. The van der Waals surface area contributed by atoms with Crippen molar-refractivity contribution in [2.24, 2.45) is 0 Å². The number of benzene rings is 2. The quantitative estimate of drug-likeness (QED) is 0.808. The number of carbonyl (C=O) groups is 1. The van der Waals surface area contributed by atoms with Crippen molar-refractivity contribution in [3.05, 3.63) is 48.0 Å². The Kier molecular flexibility index (Phi) is 6.28.